The minimum atomic E-state index is -1.17. The molecular formula is C23H27N3O3. The van der Waals surface area contributed by atoms with Crippen LogP contribution in [-0.4, -0.2) is 35.8 Å². The number of carbonyl (C=O) groups excluding carboxylic acids is 3. The molecule has 29 heavy (non-hydrogen) atoms. The zero-order valence-corrected chi connectivity index (χ0v) is 17.1. The van der Waals surface area contributed by atoms with Crippen molar-refractivity contribution in [1.29, 1.82) is 0 Å². The molecule has 1 aliphatic rings. The molecule has 1 atom stereocenters. The van der Waals surface area contributed by atoms with Crippen molar-refractivity contribution in [2.45, 2.75) is 38.6 Å². The average molecular weight is 393 g/mol. The van der Waals surface area contributed by atoms with Crippen LogP contribution >= 0.6 is 0 Å². The molecule has 4 amide bonds. The quantitative estimate of drug-likeness (QED) is 0.710. The van der Waals surface area contributed by atoms with Crippen molar-refractivity contribution >= 4 is 17.8 Å². The molecule has 1 aliphatic heterocycles. The van der Waals surface area contributed by atoms with E-state index in [1.807, 2.05) is 54.6 Å². The van der Waals surface area contributed by atoms with Crippen molar-refractivity contribution in [3.8, 4) is 0 Å². The van der Waals surface area contributed by atoms with E-state index < -0.39 is 17.5 Å². The first-order valence-electron chi connectivity index (χ1n) is 9.86. The van der Waals surface area contributed by atoms with Crippen LogP contribution in [0.2, 0.25) is 0 Å². The summed E-state index contributed by atoms with van der Waals surface area (Å²) in [6, 6.07) is 16.9. The van der Waals surface area contributed by atoms with E-state index in [9.17, 15) is 14.4 Å². The fraction of sp³-hybridized carbons (Fsp3) is 0.348. The summed E-state index contributed by atoms with van der Waals surface area (Å²) in [5.41, 5.74) is 1.80. The largest absolute Gasteiger partial charge is 0.354 e. The number of amides is 4. The summed E-state index contributed by atoms with van der Waals surface area (Å²) < 4.78 is 0. The van der Waals surface area contributed by atoms with Crippen LogP contribution in [0, 0.1) is 0 Å². The van der Waals surface area contributed by atoms with Gasteiger partial charge in [-0.05, 0) is 36.0 Å². The first-order chi connectivity index (χ1) is 13.8. The third-order valence-electron chi connectivity index (χ3n) is 5.31. The van der Waals surface area contributed by atoms with E-state index in [1.165, 1.54) is 0 Å². The summed E-state index contributed by atoms with van der Waals surface area (Å²) >= 11 is 0. The average Bonchev–Trinajstić information content (AvgIpc) is 2.93. The number of hydrogen-bond acceptors (Lipinski definition) is 3. The zero-order chi connectivity index (χ0) is 21.0. The Bertz CT molecular complexity index is 893. The second kappa shape index (κ2) is 8.47. The van der Waals surface area contributed by atoms with Gasteiger partial charge in [0.25, 0.3) is 5.91 Å². The van der Waals surface area contributed by atoms with Gasteiger partial charge in [0, 0.05) is 6.54 Å². The number of carbonyl (C=O) groups is 3. The van der Waals surface area contributed by atoms with Crippen molar-refractivity contribution in [2.75, 3.05) is 13.1 Å². The van der Waals surface area contributed by atoms with Gasteiger partial charge in [0.2, 0.25) is 5.91 Å². The van der Waals surface area contributed by atoms with Crippen LogP contribution in [0.25, 0.3) is 0 Å². The maximum Gasteiger partial charge on any atom is 0.325 e. The lowest BCUT2D eigenvalue weighted by atomic mass is 9.90. The van der Waals surface area contributed by atoms with E-state index in [-0.39, 0.29) is 12.5 Å². The molecule has 0 radical (unpaired) electrons. The molecule has 0 bridgehead atoms. The van der Waals surface area contributed by atoms with E-state index in [2.05, 4.69) is 24.5 Å². The normalized spacial score (nSPS) is 18.8. The van der Waals surface area contributed by atoms with Gasteiger partial charge in [-0.25, -0.2) is 4.79 Å². The molecule has 2 N–H and O–H groups in total. The lowest BCUT2D eigenvalue weighted by Crippen LogP contribution is -2.43. The third kappa shape index (κ3) is 4.47. The van der Waals surface area contributed by atoms with Gasteiger partial charge in [-0.15, -0.1) is 0 Å². The Labute approximate surface area is 171 Å². The van der Waals surface area contributed by atoms with Gasteiger partial charge >= 0.3 is 6.03 Å². The van der Waals surface area contributed by atoms with Gasteiger partial charge in [0.15, 0.2) is 0 Å². The minimum absolute atomic E-state index is 0.293. The van der Waals surface area contributed by atoms with Gasteiger partial charge in [0.05, 0.1) is 0 Å². The van der Waals surface area contributed by atoms with E-state index in [1.54, 1.807) is 6.92 Å². The molecule has 3 rings (SSSR count). The summed E-state index contributed by atoms with van der Waals surface area (Å²) in [7, 11) is 0. The predicted octanol–water partition coefficient (Wildman–Crippen LogP) is 2.94. The third-order valence-corrected chi connectivity index (χ3v) is 5.31. The van der Waals surface area contributed by atoms with Crippen LogP contribution < -0.4 is 10.6 Å². The Morgan fingerprint density at radius 3 is 2.34 bits per heavy atom. The molecular weight excluding hydrogens is 366 g/mol. The first-order valence-corrected chi connectivity index (χ1v) is 9.86. The van der Waals surface area contributed by atoms with Crippen LogP contribution in [0.4, 0.5) is 4.79 Å². The lowest BCUT2D eigenvalue weighted by Gasteiger charge is -2.22. The predicted molar refractivity (Wildman–Crippen MR) is 111 cm³/mol. The second-order valence-electron chi connectivity index (χ2n) is 7.81. The number of nitrogens with one attached hydrogen (secondary N) is 2. The fourth-order valence-electron chi connectivity index (χ4n) is 3.43. The Morgan fingerprint density at radius 2 is 1.72 bits per heavy atom. The standard InChI is InChI=1S/C23H27N3O3/c1-16(2)18-9-11-19(12-10-18)23(3)21(28)26(22(29)25-23)15-20(27)24-14-13-17-7-5-4-6-8-17/h4-12,16H,13-15H2,1-3H3,(H,24,27)(H,25,29)/t23-/m1/s1. The minimum Gasteiger partial charge on any atom is -0.354 e. The topological polar surface area (TPSA) is 78.5 Å². The molecule has 0 spiro atoms. The highest BCUT2D eigenvalue weighted by molar-refractivity contribution is 6.09. The molecule has 6 heteroatoms. The van der Waals surface area contributed by atoms with Crippen LogP contribution in [-0.2, 0) is 21.5 Å². The maximum atomic E-state index is 13.0. The summed E-state index contributed by atoms with van der Waals surface area (Å²) in [5.74, 6) is -0.399. The van der Waals surface area contributed by atoms with Crippen LogP contribution in [0.15, 0.2) is 54.6 Å². The molecule has 6 nitrogen and oxygen atoms in total. The van der Waals surface area contributed by atoms with E-state index in [0.29, 0.717) is 24.4 Å². The SMILES string of the molecule is CC(C)c1ccc([C@@]2(C)NC(=O)N(CC(=O)NCCc3ccccc3)C2=O)cc1. The van der Waals surface area contributed by atoms with Crippen molar-refractivity contribution in [3.05, 3.63) is 71.3 Å². The van der Waals surface area contributed by atoms with Gasteiger partial charge in [0.1, 0.15) is 12.1 Å². The second-order valence-corrected chi connectivity index (χ2v) is 7.81. The smallest absolute Gasteiger partial charge is 0.325 e. The molecule has 0 aliphatic carbocycles. The summed E-state index contributed by atoms with van der Waals surface area (Å²) in [6.45, 7) is 6.01. The summed E-state index contributed by atoms with van der Waals surface area (Å²) in [6.07, 6.45) is 0.687. The maximum absolute atomic E-state index is 13.0. The highest BCUT2D eigenvalue weighted by Crippen LogP contribution is 2.29. The molecule has 0 unspecified atom stereocenters. The van der Waals surface area contributed by atoms with Gasteiger partial charge in [-0.1, -0.05) is 68.4 Å². The molecule has 2 aromatic rings. The number of urea groups is 1. The number of hydrogen-bond donors (Lipinski definition) is 2. The van der Waals surface area contributed by atoms with E-state index in [4.69, 9.17) is 0 Å². The monoisotopic (exact) mass is 393 g/mol. The molecule has 0 saturated carbocycles. The number of nitrogens with zero attached hydrogens (tertiary/aromatic N) is 1. The van der Waals surface area contributed by atoms with Crippen molar-refractivity contribution in [3.63, 3.8) is 0 Å². The van der Waals surface area contributed by atoms with Crippen LogP contribution in [0.3, 0.4) is 0 Å². The first kappa shape index (κ1) is 20.6. The van der Waals surface area contributed by atoms with E-state index >= 15 is 0 Å². The van der Waals surface area contributed by atoms with Crippen molar-refractivity contribution in [2.24, 2.45) is 0 Å². The fourth-order valence-corrected chi connectivity index (χ4v) is 3.43. The Balaban J connectivity index is 1.61. The van der Waals surface area contributed by atoms with Crippen LogP contribution in [0.1, 0.15) is 43.4 Å². The Morgan fingerprint density at radius 1 is 1.07 bits per heavy atom. The molecule has 1 saturated heterocycles. The number of benzene rings is 2. The van der Waals surface area contributed by atoms with Crippen LogP contribution in [0.5, 0.6) is 0 Å². The summed E-state index contributed by atoms with van der Waals surface area (Å²) in [5, 5.41) is 5.51. The van der Waals surface area contributed by atoms with Gasteiger partial charge in [-0.3, -0.25) is 14.5 Å². The highest BCUT2D eigenvalue weighted by Gasteiger charge is 2.49. The van der Waals surface area contributed by atoms with Crippen molar-refractivity contribution in [1.82, 2.24) is 15.5 Å². The van der Waals surface area contributed by atoms with E-state index in [0.717, 1.165) is 16.0 Å². The zero-order valence-electron chi connectivity index (χ0n) is 17.1. The van der Waals surface area contributed by atoms with Gasteiger partial charge < -0.3 is 10.6 Å². The highest BCUT2D eigenvalue weighted by atomic mass is 16.2. The Hall–Kier alpha value is -3.15. The molecule has 2 aromatic carbocycles. The van der Waals surface area contributed by atoms with Gasteiger partial charge in [-0.2, -0.15) is 0 Å². The van der Waals surface area contributed by atoms with Crippen molar-refractivity contribution < 1.29 is 14.4 Å². The molecule has 152 valence electrons. The number of imide groups is 1. The Kier molecular flexibility index (Phi) is 6.01. The number of rotatable bonds is 7. The molecule has 0 aromatic heterocycles. The lowest BCUT2D eigenvalue weighted by molar-refractivity contribution is -0.134. The molecule has 1 fully saturated rings. The summed E-state index contributed by atoms with van der Waals surface area (Å²) in [4.78, 5) is 38.6. The molecule has 1 heterocycles.